The maximum absolute atomic E-state index is 6.20. The molecular formula is C15H18Cl2N4OS. The molecule has 0 saturated carbocycles. The Bertz CT molecular complexity index is 661. The third-order valence-corrected chi connectivity index (χ3v) is 5.51. The Morgan fingerprint density at radius 1 is 1.30 bits per heavy atom. The van der Waals surface area contributed by atoms with Crippen LogP contribution in [0.3, 0.4) is 0 Å². The highest BCUT2D eigenvalue weighted by Crippen LogP contribution is 2.36. The summed E-state index contributed by atoms with van der Waals surface area (Å²) in [7, 11) is 0. The highest BCUT2D eigenvalue weighted by Gasteiger charge is 2.21. The van der Waals surface area contributed by atoms with E-state index in [1.54, 1.807) is 11.8 Å². The highest BCUT2D eigenvalue weighted by molar-refractivity contribution is 7.99. The fourth-order valence-electron chi connectivity index (χ4n) is 2.44. The van der Waals surface area contributed by atoms with Gasteiger partial charge in [0.2, 0.25) is 5.16 Å². The van der Waals surface area contributed by atoms with E-state index in [0.29, 0.717) is 10.0 Å². The van der Waals surface area contributed by atoms with Gasteiger partial charge in [0, 0.05) is 19.6 Å². The van der Waals surface area contributed by atoms with E-state index < -0.39 is 0 Å². The number of nitrogens with zero attached hydrogens (tertiary/aromatic N) is 3. The quantitative estimate of drug-likeness (QED) is 0.812. The number of aromatic amines is 1. The van der Waals surface area contributed by atoms with Crippen LogP contribution in [0.15, 0.2) is 23.4 Å². The Morgan fingerprint density at radius 3 is 2.74 bits per heavy atom. The van der Waals surface area contributed by atoms with Gasteiger partial charge in [-0.25, -0.2) is 4.98 Å². The molecular weight excluding hydrogens is 355 g/mol. The summed E-state index contributed by atoms with van der Waals surface area (Å²) >= 11 is 13.9. The van der Waals surface area contributed by atoms with Crippen LogP contribution >= 0.6 is 35.0 Å². The molecule has 1 saturated heterocycles. The smallest absolute Gasteiger partial charge is 0.209 e. The molecule has 1 unspecified atom stereocenters. The molecule has 3 rings (SSSR count). The highest BCUT2D eigenvalue weighted by atomic mass is 35.5. The molecule has 0 aliphatic carbocycles. The summed E-state index contributed by atoms with van der Waals surface area (Å²) in [6.45, 7) is 6.21. The van der Waals surface area contributed by atoms with Crippen LogP contribution in [0.25, 0.3) is 0 Å². The molecule has 1 aromatic carbocycles. The minimum absolute atomic E-state index is 0.179. The van der Waals surface area contributed by atoms with Gasteiger partial charge in [-0.2, -0.15) is 0 Å². The van der Waals surface area contributed by atoms with E-state index in [-0.39, 0.29) is 5.25 Å². The number of halogens is 2. The first kappa shape index (κ1) is 17.0. The second-order valence-electron chi connectivity index (χ2n) is 5.40. The number of rotatable bonds is 5. The Labute approximate surface area is 149 Å². The summed E-state index contributed by atoms with van der Waals surface area (Å²) in [6, 6.07) is 5.79. The molecule has 1 aromatic heterocycles. The predicted octanol–water partition coefficient (Wildman–Crippen LogP) is 3.59. The van der Waals surface area contributed by atoms with Crippen LogP contribution in [0, 0.1) is 6.92 Å². The number of benzene rings is 1. The van der Waals surface area contributed by atoms with Crippen LogP contribution in [-0.4, -0.2) is 52.9 Å². The second kappa shape index (κ2) is 7.85. The van der Waals surface area contributed by atoms with Gasteiger partial charge in [-0.1, -0.05) is 41.0 Å². The number of aryl methyl sites for hydroxylation is 1. The Hall–Kier alpha value is -0.790. The lowest BCUT2D eigenvalue weighted by Crippen LogP contribution is -2.38. The number of morpholine rings is 1. The van der Waals surface area contributed by atoms with Gasteiger partial charge in [-0.15, -0.1) is 5.10 Å². The zero-order chi connectivity index (χ0) is 16.2. The minimum atomic E-state index is 0.179. The van der Waals surface area contributed by atoms with Crippen LogP contribution in [0.1, 0.15) is 16.6 Å². The topological polar surface area (TPSA) is 54.0 Å². The summed E-state index contributed by atoms with van der Waals surface area (Å²) in [6.07, 6.45) is 0. The van der Waals surface area contributed by atoms with Crippen molar-refractivity contribution in [3.05, 3.63) is 39.6 Å². The summed E-state index contributed by atoms with van der Waals surface area (Å²) in [5.41, 5.74) is 1.12. The fourth-order valence-corrected chi connectivity index (χ4v) is 3.86. The molecule has 0 radical (unpaired) electrons. The number of ether oxygens (including phenoxy) is 1. The molecule has 1 N–H and O–H groups in total. The van der Waals surface area contributed by atoms with Crippen molar-refractivity contribution in [1.29, 1.82) is 0 Å². The van der Waals surface area contributed by atoms with Gasteiger partial charge in [0.1, 0.15) is 5.82 Å². The van der Waals surface area contributed by atoms with Crippen LogP contribution < -0.4 is 0 Å². The van der Waals surface area contributed by atoms with Gasteiger partial charge in [0.25, 0.3) is 0 Å². The molecule has 23 heavy (non-hydrogen) atoms. The SMILES string of the molecule is Cc1nc(SC(CN2CCOCC2)c2ccc(Cl)c(Cl)c2)n[nH]1. The van der Waals surface area contributed by atoms with Gasteiger partial charge < -0.3 is 4.74 Å². The summed E-state index contributed by atoms with van der Waals surface area (Å²) < 4.78 is 5.43. The molecule has 124 valence electrons. The van der Waals surface area contributed by atoms with Crippen LogP contribution in [-0.2, 0) is 4.74 Å². The number of aromatic nitrogens is 3. The van der Waals surface area contributed by atoms with E-state index >= 15 is 0 Å². The van der Waals surface area contributed by atoms with Gasteiger partial charge in [-0.05, 0) is 24.6 Å². The number of nitrogens with one attached hydrogen (secondary N) is 1. The summed E-state index contributed by atoms with van der Waals surface area (Å²) in [5, 5.41) is 9.19. The molecule has 1 aliphatic heterocycles. The van der Waals surface area contributed by atoms with E-state index in [9.17, 15) is 0 Å². The van der Waals surface area contributed by atoms with E-state index in [0.717, 1.165) is 49.4 Å². The summed E-state index contributed by atoms with van der Waals surface area (Å²) in [4.78, 5) is 6.80. The average molecular weight is 373 g/mol. The Morgan fingerprint density at radius 2 is 2.09 bits per heavy atom. The van der Waals surface area contributed by atoms with Crippen molar-refractivity contribution in [3.63, 3.8) is 0 Å². The first-order chi connectivity index (χ1) is 11.1. The van der Waals surface area contributed by atoms with Crippen molar-refractivity contribution in [2.75, 3.05) is 32.8 Å². The normalized spacial score (nSPS) is 17.3. The molecule has 2 aromatic rings. The average Bonchev–Trinajstić information content (AvgIpc) is 2.95. The van der Waals surface area contributed by atoms with Gasteiger partial charge >= 0.3 is 0 Å². The third-order valence-electron chi connectivity index (χ3n) is 3.67. The van der Waals surface area contributed by atoms with Gasteiger partial charge in [-0.3, -0.25) is 10.00 Å². The van der Waals surface area contributed by atoms with Crippen molar-refractivity contribution in [2.24, 2.45) is 0 Å². The maximum atomic E-state index is 6.20. The molecule has 2 heterocycles. The first-order valence-corrected chi connectivity index (χ1v) is 9.06. The minimum Gasteiger partial charge on any atom is -0.379 e. The molecule has 1 atom stereocenters. The lowest BCUT2D eigenvalue weighted by molar-refractivity contribution is 0.0381. The molecule has 0 spiro atoms. The lowest BCUT2D eigenvalue weighted by atomic mass is 10.1. The molecule has 1 fully saturated rings. The van der Waals surface area contributed by atoms with Crippen LogP contribution in [0.4, 0.5) is 0 Å². The molecule has 1 aliphatic rings. The Kier molecular flexibility index (Phi) is 5.82. The number of hydrogen-bond acceptors (Lipinski definition) is 5. The molecule has 8 heteroatoms. The van der Waals surface area contributed by atoms with Gasteiger partial charge in [0.05, 0.1) is 28.5 Å². The van der Waals surface area contributed by atoms with Crippen molar-refractivity contribution < 1.29 is 4.74 Å². The molecule has 5 nitrogen and oxygen atoms in total. The number of hydrogen-bond donors (Lipinski definition) is 1. The van der Waals surface area contributed by atoms with E-state index in [4.69, 9.17) is 27.9 Å². The third kappa shape index (κ3) is 4.61. The van der Waals surface area contributed by atoms with Crippen molar-refractivity contribution in [1.82, 2.24) is 20.1 Å². The largest absolute Gasteiger partial charge is 0.379 e. The predicted molar refractivity (Wildman–Crippen MR) is 93.4 cm³/mol. The Balaban J connectivity index is 1.80. The van der Waals surface area contributed by atoms with Crippen LogP contribution in [0.5, 0.6) is 0 Å². The number of thioether (sulfide) groups is 1. The number of H-pyrrole nitrogens is 1. The second-order valence-corrected chi connectivity index (χ2v) is 7.38. The van der Waals surface area contributed by atoms with E-state index in [2.05, 4.69) is 20.1 Å². The molecule has 0 bridgehead atoms. The zero-order valence-electron chi connectivity index (χ0n) is 12.8. The van der Waals surface area contributed by atoms with E-state index in [1.165, 1.54) is 0 Å². The van der Waals surface area contributed by atoms with Crippen molar-refractivity contribution in [2.45, 2.75) is 17.3 Å². The van der Waals surface area contributed by atoms with Gasteiger partial charge in [0.15, 0.2) is 0 Å². The lowest BCUT2D eigenvalue weighted by Gasteiger charge is -2.30. The standard InChI is InChI=1S/C15H18Cl2N4OS/c1-10-18-15(20-19-10)23-14(9-21-4-6-22-7-5-21)11-2-3-12(16)13(17)8-11/h2-3,8,14H,4-7,9H2,1H3,(H,18,19,20). The summed E-state index contributed by atoms with van der Waals surface area (Å²) in [5.74, 6) is 0.812. The van der Waals surface area contributed by atoms with Crippen molar-refractivity contribution >= 4 is 35.0 Å². The maximum Gasteiger partial charge on any atom is 0.209 e. The van der Waals surface area contributed by atoms with Crippen LogP contribution in [0.2, 0.25) is 10.0 Å². The zero-order valence-corrected chi connectivity index (χ0v) is 15.1. The monoisotopic (exact) mass is 372 g/mol. The molecule has 0 amide bonds. The fraction of sp³-hybridized carbons (Fsp3) is 0.467. The van der Waals surface area contributed by atoms with E-state index in [1.807, 2.05) is 25.1 Å². The van der Waals surface area contributed by atoms with Crippen molar-refractivity contribution in [3.8, 4) is 0 Å². The first-order valence-electron chi connectivity index (χ1n) is 7.42.